The largest absolute Gasteiger partial charge is 0.458 e. The number of aliphatic hydroxyl groups excluding tert-OH is 1. The summed E-state index contributed by atoms with van der Waals surface area (Å²) in [5.41, 5.74) is 3.17. The summed E-state index contributed by atoms with van der Waals surface area (Å²) in [5, 5.41) is 10.9. The molecule has 0 bridgehead atoms. The molecule has 4 aliphatic carbocycles. The Balaban J connectivity index is 1.35. The molecule has 3 nitrogen and oxygen atoms in total. The van der Waals surface area contributed by atoms with Crippen LogP contribution < -0.4 is 0 Å². The average molecular weight is 612 g/mol. The summed E-state index contributed by atoms with van der Waals surface area (Å²) >= 11 is 3.31. The van der Waals surface area contributed by atoms with Crippen LogP contribution in [0.4, 0.5) is 0 Å². The van der Waals surface area contributed by atoms with E-state index in [2.05, 4.69) is 56.6 Å². The van der Waals surface area contributed by atoms with Crippen LogP contribution in [0, 0.1) is 46.3 Å². The minimum atomic E-state index is -0.448. The van der Waals surface area contributed by atoms with Gasteiger partial charge in [0.05, 0.1) is 11.7 Å². The topological polar surface area (TPSA) is 46.5 Å². The SMILES string of the molecule is CC(C)CCC[C@@H](C)[C@H]1CC[C@H]2[C@@H]3CC=C4C[C@@H](O)CC(OC(=O)c5ccc(/C=C/Br)cc5)[C@]4(C)[C@H]3CC[C@]12C. The smallest absolute Gasteiger partial charge is 0.338 e. The molecule has 220 valence electrons. The van der Waals surface area contributed by atoms with Crippen molar-refractivity contribution in [1.82, 2.24) is 0 Å². The average Bonchev–Trinajstić information content (AvgIpc) is 3.27. The number of rotatable bonds is 8. The number of benzene rings is 1. The van der Waals surface area contributed by atoms with Gasteiger partial charge in [0.1, 0.15) is 6.10 Å². The zero-order chi connectivity index (χ0) is 28.7. The molecule has 1 aromatic rings. The first kappa shape index (κ1) is 30.1. The summed E-state index contributed by atoms with van der Waals surface area (Å²) in [7, 11) is 0. The van der Waals surface area contributed by atoms with Crippen molar-refractivity contribution in [3.63, 3.8) is 0 Å². The number of fused-ring (bicyclic) bond motifs is 5. The van der Waals surface area contributed by atoms with E-state index in [1.54, 1.807) is 0 Å². The van der Waals surface area contributed by atoms with Gasteiger partial charge in [-0.1, -0.05) is 93.6 Å². The fourth-order valence-electron chi connectivity index (χ4n) is 9.87. The maximum absolute atomic E-state index is 13.4. The normalized spacial score (nSPS) is 38.0. The van der Waals surface area contributed by atoms with Crippen LogP contribution >= 0.6 is 15.9 Å². The van der Waals surface area contributed by atoms with Crippen LogP contribution in [-0.2, 0) is 4.74 Å². The van der Waals surface area contributed by atoms with E-state index in [4.69, 9.17) is 4.74 Å². The third-order valence-corrected chi connectivity index (χ3v) is 12.3. The third kappa shape index (κ3) is 5.53. The van der Waals surface area contributed by atoms with E-state index in [1.807, 2.05) is 35.3 Å². The molecule has 1 unspecified atom stereocenters. The quantitative estimate of drug-likeness (QED) is 0.235. The molecule has 1 N–H and O–H groups in total. The van der Waals surface area contributed by atoms with Crippen molar-refractivity contribution in [2.24, 2.45) is 46.3 Å². The number of hydrogen-bond donors (Lipinski definition) is 1. The summed E-state index contributed by atoms with van der Waals surface area (Å²) in [5.74, 6) is 4.05. The van der Waals surface area contributed by atoms with Crippen molar-refractivity contribution in [2.45, 2.75) is 111 Å². The van der Waals surface area contributed by atoms with Crippen molar-refractivity contribution in [3.8, 4) is 0 Å². The van der Waals surface area contributed by atoms with E-state index in [1.165, 1.54) is 50.5 Å². The summed E-state index contributed by atoms with van der Waals surface area (Å²) in [6.45, 7) is 12.2. The van der Waals surface area contributed by atoms with Gasteiger partial charge in [0.2, 0.25) is 0 Å². The van der Waals surface area contributed by atoms with Crippen molar-refractivity contribution in [2.75, 3.05) is 0 Å². The Hall–Kier alpha value is -1.39. The Bertz CT molecular complexity index is 1110. The lowest BCUT2D eigenvalue weighted by Crippen LogP contribution is -2.56. The molecule has 0 spiro atoms. The fraction of sp³-hybridized carbons (Fsp3) is 0.694. The maximum Gasteiger partial charge on any atom is 0.338 e. The Kier molecular flexibility index (Phi) is 9.08. The van der Waals surface area contributed by atoms with Crippen LogP contribution in [0.2, 0.25) is 0 Å². The van der Waals surface area contributed by atoms with Gasteiger partial charge in [-0.2, -0.15) is 0 Å². The molecular formula is C36H51BrO3. The molecule has 0 saturated heterocycles. The molecule has 4 aliphatic rings. The number of hydrogen-bond acceptors (Lipinski definition) is 3. The van der Waals surface area contributed by atoms with Gasteiger partial charge in [-0.25, -0.2) is 4.79 Å². The van der Waals surface area contributed by atoms with E-state index in [0.29, 0.717) is 29.2 Å². The number of aliphatic hydroxyl groups is 1. The zero-order valence-corrected chi connectivity index (χ0v) is 27.0. The molecule has 0 heterocycles. The number of ether oxygens (including phenoxy) is 1. The monoisotopic (exact) mass is 610 g/mol. The molecule has 0 aliphatic heterocycles. The predicted octanol–water partition coefficient (Wildman–Crippen LogP) is 9.59. The second-order valence-corrected chi connectivity index (χ2v) is 15.1. The Labute approximate surface area is 251 Å². The van der Waals surface area contributed by atoms with Gasteiger partial charge in [-0.05, 0) is 108 Å². The first-order valence-electron chi connectivity index (χ1n) is 16.0. The molecule has 0 radical (unpaired) electrons. The first-order chi connectivity index (χ1) is 19.1. The second-order valence-electron chi connectivity index (χ2n) is 14.6. The predicted molar refractivity (Wildman–Crippen MR) is 168 cm³/mol. The minimum Gasteiger partial charge on any atom is -0.458 e. The van der Waals surface area contributed by atoms with Crippen LogP contribution in [0.15, 0.2) is 40.9 Å². The Morgan fingerprint density at radius 3 is 2.55 bits per heavy atom. The highest BCUT2D eigenvalue weighted by atomic mass is 79.9. The highest BCUT2D eigenvalue weighted by molar-refractivity contribution is 9.11. The first-order valence-corrected chi connectivity index (χ1v) is 16.9. The summed E-state index contributed by atoms with van der Waals surface area (Å²) in [6, 6.07) is 7.57. The van der Waals surface area contributed by atoms with Gasteiger partial charge in [-0.3, -0.25) is 0 Å². The molecule has 0 amide bonds. The van der Waals surface area contributed by atoms with Crippen molar-refractivity contribution in [1.29, 1.82) is 0 Å². The van der Waals surface area contributed by atoms with Gasteiger partial charge in [-0.15, -0.1) is 0 Å². The standard InChI is InChI=1S/C36H51BrO3/c1-23(2)7-6-8-24(3)30-15-16-31-29-14-13-27-21-28(38)22-33(36(27,5)32(29)17-19-35(30,31)4)40-34(39)26-11-9-25(10-12-26)18-20-37/h9-13,18,20,23-24,28-33,38H,6-8,14-17,19,21-22H2,1-5H3/b20-18+/t24-,28-,29+,30-,31+,32+,33?,35-,36+/m1/s1. The summed E-state index contributed by atoms with van der Waals surface area (Å²) < 4.78 is 6.36. The van der Waals surface area contributed by atoms with Gasteiger partial charge in [0.25, 0.3) is 0 Å². The van der Waals surface area contributed by atoms with Gasteiger partial charge < -0.3 is 9.84 Å². The van der Waals surface area contributed by atoms with Crippen LogP contribution in [-0.4, -0.2) is 23.3 Å². The van der Waals surface area contributed by atoms with E-state index in [0.717, 1.165) is 42.1 Å². The Morgan fingerprint density at radius 2 is 1.85 bits per heavy atom. The zero-order valence-electron chi connectivity index (χ0n) is 25.4. The Morgan fingerprint density at radius 1 is 1.10 bits per heavy atom. The maximum atomic E-state index is 13.4. The molecule has 3 fully saturated rings. The molecule has 4 heteroatoms. The van der Waals surface area contributed by atoms with E-state index in [9.17, 15) is 9.90 Å². The number of carbonyl (C=O) groups excluding carboxylic acids is 1. The van der Waals surface area contributed by atoms with E-state index < -0.39 is 6.10 Å². The molecule has 0 aromatic heterocycles. The van der Waals surface area contributed by atoms with Crippen LogP contribution in [0.3, 0.4) is 0 Å². The highest BCUT2D eigenvalue weighted by Gasteiger charge is 2.61. The van der Waals surface area contributed by atoms with Gasteiger partial charge in [0.15, 0.2) is 0 Å². The lowest BCUT2D eigenvalue weighted by molar-refractivity contribution is -0.113. The molecule has 5 rings (SSSR count). The lowest BCUT2D eigenvalue weighted by Gasteiger charge is -2.60. The number of esters is 1. The van der Waals surface area contributed by atoms with Crippen molar-refractivity contribution < 1.29 is 14.6 Å². The second kappa shape index (κ2) is 12.1. The van der Waals surface area contributed by atoms with Crippen LogP contribution in [0.5, 0.6) is 0 Å². The minimum absolute atomic E-state index is 0.196. The molecule has 1 aromatic carbocycles. The van der Waals surface area contributed by atoms with E-state index >= 15 is 0 Å². The summed E-state index contributed by atoms with van der Waals surface area (Å²) in [4.78, 5) is 15.2. The molecule has 40 heavy (non-hydrogen) atoms. The molecular weight excluding hydrogens is 560 g/mol. The highest BCUT2D eigenvalue weighted by Crippen LogP contribution is 2.67. The van der Waals surface area contributed by atoms with Crippen molar-refractivity contribution >= 4 is 28.0 Å². The van der Waals surface area contributed by atoms with E-state index in [-0.39, 0.29) is 17.5 Å². The van der Waals surface area contributed by atoms with Gasteiger partial charge in [0, 0.05) is 11.8 Å². The molecule has 9 atom stereocenters. The molecule has 3 saturated carbocycles. The third-order valence-electron chi connectivity index (χ3n) is 12.0. The van der Waals surface area contributed by atoms with Crippen molar-refractivity contribution in [3.05, 3.63) is 52.0 Å². The van der Waals surface area contributed by atoms with Crippen LogP contribution in [0.1, 0.15) is 115 Å². The van der Waals surface area contributed by atoms with Crippen LogP contribution in [0.25, 0.3) is 6.08 Å². The number of carbonyl (C=O) groups is 1. The lowest BCUT2D eigenvalue weighted by atomic mass is 9.46. The fourth-order valence-corrected chi connectivity index (χ4v) is 10.2. The number of halogens is 1. The van der Waals surface area contributed by atoms with Gasteiger partial charge >= 0.3 is 5.97 Å². The number of allylic oxidation sites excluding steroid dienone is 1. The summed E-state index contributed by atoms with van der Waals surface area (Å²) in [6.07, 6.45) is 15.3.